The Balaban J connectivity index is 1.83. The number of aromatic nitrogens is 2. The van der Waals surface area contributed by atoms with Crippen LogP contribution >= 0.6 is 11.5 Å². The van der Waals surface area contributed by atoms with Crippen LogP contribution in [-0.4, -0.2) is 9.59 Å². The number of ether oxygens (including phenoxy) is 1. The summed E-state index contributed by atoms with van der Waals surface area (Å²) in [6.45, 7) is 3.18. The van der Waals surface area contributed by atoms with Crippen molar-refractivity contribution in [3.8, 4) is 0 Å². The van der Waals surface area contributed by atoms with Crippen molar-refractivity contribution in [1.29, 1.82) is 0 Å². The van der Waals surface area contributed by atoms with Crippen LogP contribution in [0.4, 0.5) is 0 Å². The average molecular weight is 220 g/mol. The molecule has 4 heteroatoms. The van der Waals surface area contributed by atoms with Gasteiger partial charge >= 0.3 is 0 Å². The zero-order valence-corrected chi connectivity index (χ0v) is 9.33. The van der Waals surface area contributed by atoms with Crippen LogP contribution in [0.15, 0.2) is 30.3 Å². The molecule has 0 amide bonds. The molecular formula is C11H12N2OS. The lowest BCUT2D eigenvalue weighted by Crippen LogP contribution is -1.93. The second kappa shape index (κ2) is 5.00. The Hall–Kier alpha value is -1.26. The first-order valence-electron chi connectivity index (χ1n) is 4.76. The van der Waals surface area contributed by atoms with Gasteiger partial charge in [0.2, 0.25) is 0 Å². The van der Waals surface area contributed by atoms with E-state index in [0.717, 1.165) is 10.6 Å². The summed E-state index contributed by atoms with van der Waals surface area (Å²) < 4.78 is 9.43. The zero-order valence-electron chi connectivity index (χ0n) is 8.51. The highest BCUT2D eigenvalue weighted by atomic mass is 32.1. The number of hydrogen-bond acceptors (Lipinski definition) is 4. The van der Waals surface area contributed by atoms with Crippen molar-refractivity contribution in [3.05, 3.63) is 46.5 Å². The van der Waals surface area contributed by atoms with Crippen LogP contribution in [0.25, 0.3) is 0 Å². The van der Waals surface area contributed by atoms with Gasteiger partial charge in [-0.15, -0.1) is 5.10 Å². The van der Waals surface area contributed by atoms with Crippen LogP contribution in [0.1, 0.15) is 16.1 Å². The number of aryl methyl sites for hydroxylation is 1. The third-order valence-corrected chi connectivity index (χ3v) is 2.89. The maximum atomic E-state index is 5.58. The first-order chi connectivity index (χ1) is 7.36. The van der Waals surface area contributed by atoms with E-state index in [-0.39, 0.29) is 0 Å². The molecule has 0 bridgehead atoms. The van der Waals surface area contributed by atoms with E-state index in [2.05, 4.69) is 21.7 Å². The summed E-state index contributed by atoms with van der Waals surface area (Å²) in [5.41, 5.74) is 2.15. The Morgan fingerprint density at radius 1 is 1.20 bits per heavy atom. The van der Waals surface area contributed by atoms with Gasteiger partial charge in [-0.05, 0) is 24.0 Å². The molecule has 0 atom stereocenters. The maximum Gasteiger partial charge on any atom is 0.0848 e. The highest BCUT2D eigenvalue weighted by molar-refractivity contribution is 7.05. The van der Waals surface area contributed by atoms with E-state index in [1.165, 1.54) is 17.1 Å². The molecule has 3 nitrogen and oxygen atoms in total. The Bertz CT molecular complexity index is 414. The SMILES string of the molecule is Cc1nnsc1COCc1ccccc1. The van der Waals surface area contributed by atoms with E-state index in [0.29, 0.717) is 13.2 Å². The van der Waals surface area contributed by atoms with E-state index in [9.17, 15) is 0 Å². The minimum absolute atomic E-state index is 0.596. The maximum absolute atomic E-state index is 5.58. The topological polar surface area (TPSA) is 35.0 Å². The molecule has 1 aromatic heterocycles. The monoisotopic (exact) mass is 220 g/mol. The summed E-state index contributed by atoms with van der Waals surface area (Å²) in [6.07, 6.45) is 0. The third kappa shape index (κ3) is 2.84. The fourth-order valence-electron chi connectivity index (χ4n) is 1.22. The first kappa shape index (κ1) is 10.3. The number of rotatable bonds is 4. The second-order valence-electron chi connectivity index (χ2n) is 3.26. The fraction of sp³-hybridized carbons (Fsp3) is 0.273. The molecule has 0 unspecified atom stereocenters. The molecule has 2 rings (SSSR count). The summed E-state index contributed by atoms with van der Waals surface area (Å²) >= 11 is 1.40. The molecular weight excluding hydrogens is 208 g/mol. The highest BCUT2D eigenvalue weighted by Crippen LogP contribution is 2.11. The predicted octanol–water partition coefficient (Wildman–Crippen LogP) is 2.56. The summed E-state index contributed by atoms with van der Waals surface area (Å²) in [6, 6.07) is 10.1. The summed E-state index contributed by atoms with van der Waals surface area (Å²) in [5, 5.41) is 3.93. The molecule has 0 aliphatic rings. The van der Waals surface area contributed by atoms with Gasteiger partial charge in [0.05, 0.1) is 23.8 Å². The van der Waals surface area contributed by atoms with Crippen molar-refractivity contribution in [2.45, 2.75) is 20.1 Å². The zero-order chi connectivity index (χ0) is 10.5. The van der Waals surface area contributed by atoms with Crippen molar-refractivity contribution in [3.63, 3.8) is 0 Å². The molecule has 0 N–H and O–H groups in total. The molecule has 0 aliphatic heterocycles. The molecule has 2 aromatic rings. The first-order valence-corrected chi connectivity index (χ1v) is 5.53. The van der Waals surface area contributed by atoms with Crippen LogP contribution in [0, 0.1) is 6.92 Å². The van der Waals surface area contributed by atoms with Gasteiger partial charge in [0, 0.05) is 0 Å². The normalized spacial score (nSPS) is 10.5. The largest absolute Gasteiger partial charge is 0.371 e. The van der Waals surface area contributed by atoms with E-state index in [1.807, 2.05) is 25.1 Å². The summed E-state index contributed by atoms with van der Waals surface area (Å²) in [5.74, 6) is 0. The molecule has 78 valence electrons. The minimum atomic E-state index is 0.596. The number of benzene rings is 1. The molecule has 0 fully saturated rings. The van der Waals surface area contributed by atoms with Crippen LogP contribution in [0.3, 0.4) is 0 Å². The van der Waals surface area contributed by atoms with Gasteiger partial charge in [0.1, 0.15) is 0 Å². The predicted molar refractivity (Wildman–Crippen MR) is 59.6 cm³/mol. The highest BCUT2D eigenvalue weighted by Gasteiger charge is 2.02. The van der Waals surface area contributed by atoms with Crippen LogP contribution in [0.5, 0.6) is 0 Å². The van der Waals surface area contributed by atoms with Crippen LogP contribution in [0.2, 0.25) is 0 Å². The van der Waals surface area contributed by atoms with Crippen molar-refractivity contribution in [2.75, 3.05) is 0 Å². The molecule has 0 aliphatic carbocycles. The van der Waals surface area contributed by atoms with Crippen molar-refractivity contribution >= 4 is 11.5 Å². The lowest BCUT2D eigenvalue weighted by molar-refractivity contribution is 0.109. The van der Waals surface area contributed by atoms with Gasteiger partial charge in [-0.25, -0.2) is 0 Å². The summed E-state index contributed by atoms with van der Waals surface area (Å²) in [4.78, 5) is 1.10. The fourth-order valence-corrected chi connectivity index (χ4v) is 1.79. The minimum Gasteiger partial charge on any atom is -0.371 e. The van der Waals surface area contributed by atoms with Crippen LogP contribution in [-0.2, 0) is 18.0 Å². The van der Waals surface area contributed by atoms with Gasteiger partial charge in [-0.3, -0.25) is 0 Å². The Morgan fingerprint density at radius 3 is 2.67 bits per heavy atom. The number of nitrogens with zero attached hydrogens (tertiary/aromatic N) is 2. The van der Waals surface area contributed by atoms with Gasteiger partial charge in [-0.2, -0.15) is 0 Å². The lowest BCUT2D eigenvalue weighted by atomic mass is 10.2. The molecule has 0 saturated carbocycles. The van der Waals surface area contributed by atoms with Crippen molar-refractivity contribution in [1.82, 2.24) is 9.59 Å². The van der Waals surface area contributed by atoms with E-state index in [1.54, 1.807) is 0 Å². The molecule has 1 aromatic carbocycles. The molecule has 0 saturated heterocycles. The summed E-state index contributed by atoms with van der Waals surface area (Å²) in [7, 11) is 0. The average Bonchev–Trinajstić information content (AvgIpc) is 2.66. The Labute approximate surface area is 92.9 Å². The van der Waals surface area contributed by atoms with Gasteiger partial charge in [-0.1, -0.05) is 34.8 Å². The van der Waals surface area contributed by atoms with E-state index < -0.39 is 0 Å². The second-order valence-corrected chi connectivity index (χ2v) is 4.10. The smallest absolute Gasteiger partial charge is 0.0848 e. The molecule has 15 heavy (non-hydrogen) atoms. The van der Waals surface area contributed by atoms with Gasteiger partial charge < -0.3 is 4.74 Å². The molecule has 0 spiro atoms. The van der Waals surface area contributed by atoms with E-state index >= 15 is 0 Å². The Morgan fingerprint density at radius 2 is 2.00 bits per heavy atom. The van der Waals surface area contributed by atoms with Crippen molar-refractivity contribution in [2.24, 2.45) is 0 Å². The lowest BCUT2D eigenvalue weighted by Gasteiger charge is -2.02. The molecule has 1 heterocycles. The van der Waals surface area contributed by atoms with Crippen LogP contribution < -0.4 is 0 Å². The molecule has 0 radical (unpaired) electrons. The van der Waals surface area contributed by atoms with Crippen molar-refractivity contribution < 1.29 is 4.74 Å². The standard InChI is InChI=1S/C11H12N2OS/c1-9-11(15-13-12-9)8-14-7-10-5-3-2-4-6-10/h2-6H,7-8H2,1H3. The van der Waals surface area contributed by atoms with E-state index in [4.69, 9.17) is 4.74 Å². The third-order valence-electron chi connectivity index (χ3n) is 2.09. The number of hydrogen-bond donors (Lipinski definition) is 0. The quantitative estimate of drug-likeness (QED) is 0.794. The Kier molecular flexibility index (Phi) is 3.42. The van der Waals surface area contributed by atoms with Gasteiger partial charge in [0.25, 0.3) is 0 Å². The van der Waals surface area contributed by atoms with Gasteiger partial charge in [0.15, 0.2) is 0 Å².